The van der Waals surface area contributed by atoms with Crippen molar-refractivity contribution in [1.29, 1.82) is 0 Å². The number of benzene rings is 1. The quantitative estimate of drug-likeness (QED) is 0.860. The molecule has 0 saturated heterocycles. The van der Waals surface area contributed by atoms with E-state index in [4.69, 9.17) is 0 Å². The van der Waals surface area contributed by atoms with E-state index in [-0.39, 0.29) is 5.91 Å². The minimum atomic E-state index is 0.193. The molecule has 1 N–H and O–H groups in total. The molecule has 1 aromatic rings. The lowest BCUT2D eigenvalue weighted by Gasteiger charge is -2.20. The van der Waals surface area contributed by atoms with E-state index in [1.54, 1.807) is 0 Å². The molecule has 96 valence electrons. The summed E-state index contributed by atoms with van der Waals surface area (Å²) in [6, 6.07) is 8.03. The van der Waals surface area contributed by atoms with Crippen molar-refractivity contribution in [3.63, 3.8) is 0 Å². The molecule has 0 heterocycles. The lowest BCUT2D eigenvalue weighted by atomic mass is 9.86. The second-order valence-electron chi connectivity index (χ2n) is 6.06. The first-order chi connectivity index (χ1) is 8.70. The normalized spacial score (nSPS) is 29.5. The van der Waals surface area contributed by atoms with E-state index in [2.05, 4.69) is 5.32 Å². The Morgan fingerprint density at radius 2 is 2.22 bits per heavy atom. The van der Waals surface area contributed by atoms with Gasteiger partial charge in [0.05, 0.1) is 0 Å². The Balaban J connectivity index is 1.56. The Hall–Kier alpha value is -1.31. The number of fused-ring (bicyclic) bond motifs is 2. The number of amides is 1. The zero-order chi connectivity index (χ0) is 12.5. The maximum absolute atomic E-state index is 12.0. The van der Waals surface area contributed by atoms with Gasteiger partial charge in [0.25, 0.3) is 0 Å². The summed E-state index contributed by atoms with van der Waals surface area (Å²) in [7, 11) is 0. The van der Waals surface area contributed by atoms with E-state index >= 15 is 0 Å². The van der Waals surface area contributed by atoms with Crippen LogP contribution in [0.1, 0.15) is 37.7 Å². The molecule has 2 bridgehead atoms. The van der Waals surface area contributed by atoms with Crippen LogP contribution in [0.15, 0.2) is 24.3 Å². The van der Waals surface area contributed by atoms with Gasteiger partial charge < -0.3 is 5.32 Å². The molecule has 3 rings (SSSR count). The fourth-order valence-corrected chi connectivity index (χ4v) is 3.80. The van der Waals surface area contributed by atoms with E-state index in [0.29, 0.717) is 5.92 Å². The minimum Gasteiger partial charge on any atom is -0.326 e. The van der Waals surface area contributed by atoms with Crippen LogP contribution in [0.25, 0.3) is 0 Å². The second-order valence-corrected chi connectivity index (χ2v) is 6.06. The third-order valence-corrected chi connectivity index (χ3v) is 4.63. The summed E-state index contributed by atoms with van der Waals surface area (Å²) < 4.78 is 0. The molecule has 0 radical (unpaired) electrons. The average Bonchev–Trinajstić information content (AvgIpc) is 2.90. The standard InChI is InChI=1S/C16H21NO/c1-11-3-2-4-15(7-11)17-16(18)10-14-9-12-5-6-13(14)8-12/h2-4,7,12-14H,5-6,8-10H2,1H3,(H,17,18)/t12-,13+,14-/m0/s1. The molecule has 2 nitrogen and oxygen atoms in total. The zero-order valence-electron chi connectivity index (χ0n) is 11.0. The number of carbonyl (C=O) groups excluding carboxylic acids is 1. The predicted molar refractivity (Wildman–Crippen MR) is 73.4 cm³/mol. The predicted octanol–water partition coefficient (Wildman–Crippen LogP) is 3.76. The Morgan fingerprint density at radius 1 is 1.33 bits per heavy atom. The summed E-state index contributed by atoms with van der Waals surface area (Å²) in [5.74, 6) is 2.59. The summed E-state index contributed by atoms with van der Waals surface area (Å²) in [6.07, 6.45) is 6.14. The van der Waals surface area contributed by atoms with Crippen LogP contribution in [-0.2, 0) is 4.79 Å². The molecule has 2 aliphatic carbocycles. The summed E-state index contributed by atoms with van der Waals surface area (Å²) >= 11 is 0. The van der Waals surface area contributed by atoms with Crippen molar-refractivity contribution in [2.24, 2.45) is 17.8 Å². The highest BCUT2D eigenvalue weighted by Crippen LogP contribution is 2.49. The molecule has 18 heavy (non-hydrogen) atoms. The van der Waals surface area contributed by atoms with Gasteiger partial charge in [-0.25, -0.2) is 0 Å². The van der Waals surface area contributed by atoms with Gasteiger partial charge in [0.2, 0.25) is 5.91 Å². The monoisotopic (exact) mass is 243 g/mol. The van der Waals surface area contributed by atoms with Crippen molar-refractivity contribution in [3.8, 4) is 0 Å². The molecule has 0 unspecified atom stereocenters. The van der Waals surface area contributed by atoms with Crippen molar-refractivity contribution in [3.05, 3.63) is 29.8 Å². The smallest absolute Gasteiger partial charge is 0.224 e. The molecule has 1 aromatic carbocycles. The van der Waals surface area contributed by atoms with E-state index in [9.17, 15) is 4.79 Å². The van der Waals surface area contributed by atoms with Crippen molar-refractivity contribution < 1.29 is 4.79 Å². The van der Waals surface area contributed by atoms with Gasteiger partial charge >= 0.3 is 0 Å². The van der Waals surface area contributed by atoms with E-state index in [1.165, 1.54) is 31.2 Å². The first-order valence-corrected chi connectivity index (χ1v) is 7.07. The molecule has 2 fully saturated rings. The molecule has 3 atom stereocenters. The molecule has 2 aliphatic rings. The average molecular weight is 243 g/mol. The first-order valence-electron chi connectivity index (χ1n) is 7.07. The highest BCUT2D eigenvalue weighted by Gasteiger charge is 2.40. The van der Waals surface area contributed by atoms with Crippen LogP contribution in [0.3, 0.4) is 0 Å². The van der Waals surface area contributed by atoms with Crippen molar-refractivity contribution in [2.75, 3.05) is 5.32 Å². The topological polar surface area (TPSA) is 29.1 Å². The van der Waals surface area contributed by atoms with Crippen LogP contribution in [0.2, 0.25) is 0 Å². The zero-order valence-corrected chi connectivity index (χ0v) is 11.0. The Labute approximate surface area is 109 Å². The summed E-state index contributed by atoms with van der Waals surface area (Å²) in [5.41, 5.74) is 2.12. The maximum atomic E-state index is 12.0. The molecule has 0 aliphatic heterocycles. The largest absolute Gasteiger partial charge is 0.326 e. The Morgan fingerprint density at radius 3 is 2.89 bits per heavy atom. The number of rotatable bonds is 3. The lowest BCUT2D eigenvalue weighted by Crippen LogP contribution is -2.20. The third-order valence-electron chi connectivity index (χ3n) is 4.63. The second kappa shape index (κ2) is 4.75. The molecule has 0 spiro atoms. The first kappa shape index (κ1) is 11.8. The van der Waals surface area contributed by atoms with Crippen LogP contribution < -0.4 is 5.32 Å². The van der Waals surface area contributed by atoms with Crippen molar-refractivity contribution in [2.45, 2.75) is 39.0 Å². The van der Waals surface area contributed by atoms with Crippen LogP contribution in [0.5, 0.6) is 0 Å². The maximum Gasteiger partial charge on any atom is 0.224 e. The summed E-state index contributed by atoms with van der Waals surface area (Å²) in [5, 5.41) is 3.03. The van der Waals surface area contributed by atoms with Crippen molar-refractivity contribution in [1.82, 2.24) is 0 Å². The summed E-state index contributed by atoms with van der Waals surface area (Å²) in [4.78, 5) is 12.0. The molecule has 2 saturated carbocycles. The third kappa shape index (κ3) is 2.43. The van der Waals surface area contributed by atoms with E-state index in [0.717, 1.165) is 23.9 Å². The van der Waals surface area contributed by atoms with Gasteiger partial charge in [-0.05, 0) is 61.6 Å². The number of carbonyl (C=O) groups is 1. The van der Waals surface area contributed by atoms with Crippen LogP contribution >= 0.6 is 0 Å². The van der Waals surface area contributed by atoms with Gasteiger partial charge in [-0.1, -0.05) is 18.6 Å². The fourth-order valence-electron chi connectivity index (χ4n) is 3.80. The Kier molecular flexibility index (Phi) is 3.11. The Bertz CT molecular complexity index is 454. The molecular formula is C16H21NO. The van der Waals surface area contributed by atoms with Crippen LogP contribution in [-0.4, -0.2) is 5.91 Å². The highest BCUT2D eigenvalue weighted by molar-refractivity contribution is 5.90. The fraction of sp³-hybridized carbons (Fsp3) is 0.562. The van der Waals surface area contributed by atoms with Crippen LogP contribution in [0.4, 0.5) is 5.69 Å². The number of hydrogen-bond acceptors (Lipinski definition) is 1. The molecular weight excluding hydrogens is 222 g/mol. The van der Waals surface area contributed by atoms with Crippen molar-refractivity contribution >= 4 is 11.6 Å². The number of hydrogen-bond donors (Lipinski definition) is 1. The number of anilines is 1. The van der Waals surface area contributed by atoms with Gasteiger partial charge in [-0.3, -0.25) is 4.79 Å². The number of aryl methyl sites for hydroxylation is 1. The van der Waals surface area contributed by atoms with Crippen LogP contribution in [0, 0.1) is 24.7 Å². The van der Waals surface area contributed by atoms with Gasteiger partial charge in [0, 0.05) is 12.1 Å². The summed E-state index contributed by atoms with van der Waals surface area (Å²) in [6.45, 7) is 2.05. The van der Waals surface area contributed by atoms with Gasteiger partial charge in [0.15, 0.2) is 0 Å². The van der Waals surface area contributed by atoms with E-state index < -0.39 is 0 Å². The van der Waals surface area contributed by atoms with Gasteiger partial charge in [-0.15, -0.1) is 0 Å². The van der Waals surface area contributed by atoms with Gasteiger partial charge in [-0.2, -0.15) is 0 Å². The lowest BCUT2D eigenvalue weighted by molar-refractivity contribution is -0.117. The highest BCUT2D eigenvalue weighted by atomic mass is 16.1. The minimum absolute atomic E-state index is 0.193. The number of nitrogens with one attached hydrogen (secondary N) is 1. The molecule has 2 heteroatoms. The SMILES string of the molecule is Cc1cccc(NC(=O)C[C@@H]2C[C@H]3CC[C@@H]2C3)c1. The van der Waals surface area contributed by atoms with Gasteiger partial charge in [0.1, 0.15) is 0 Å². The molecule has 0 aromatic heterocycles. The molecule has 1 amide bonds. The van der Waals surface area contributed by atoms with E-state index in [1.807, 2.05) is 31.2 Å².